The quantitative estimate of drug-likeness (QED) is 0.789. The Morgan fingerprint density at radius 3 is 2.30 bits per heavy atom. The van der Waals surface area contributed by atoms with Gasteiger partial charge in [-0.25, -0.2) is 0 Å². The van der Waals surface area contributed by atoms with Gasteiger partial charge in [0.05, 0.1) is 5.56 Å². The zero-order valence-corrected chi connectivity index (χ0v) is 13.1. The van der Waals surface area contributed by atoms with Crippen LogP contribution in [-0.4, -0.2) is 65.7 Å². The number of carbonyl (C=O) groups excluding carboxylic acids is 3. The fraction of sp³-hybridized carbons (Fsp3) is 0.500. The Bertz CT molecular complexity index is 619. The van der Waals surface area contributed by atoms with Crippen LogP contribution in [0.3, 0.4) is 0 Å². The second kappa shape index (κ2) is 5.98. The molecule has 7 nitrogen and oxygen atoms in total. The third kappa shape index (κ3) is 2.78. The monoisotopic (exact) mass is 316 g/mol. The molecule has 1 aromatic heterocycles. The van der Waals surface area contributed by atoms with E-state index in [1.54, 1.807) is 41.4 Å². The summed E-state index contributed by atoms with van der Waals surface area (Å²) in [4.78, 5) is 44.2. The fourth-order valence-corrected chi connectivity index (χ4v) is 2.99. The van der Waals surface area contributed by atoms with Crippen molar-refractivity contribution in [1.29, 1.82) is 0 Å². The zero-order chi connectivity index (χ0) is 16.4. The molecule has 1 aromatic rings. The lowest BCUT2D eigenvalue weighted by Crippen LogP contribution is -2.54. The van der Waals surface area contributed by atoms with Crippen LogP contribution in [0.5, 0.6) is 0 Å². The number of nitrogens with one attached hydrogen (secondary N) is 1. The first-order valence-corrected chi connectivity index (χ1v) is 7.79. The van der Waals surface area contributed by atoms with Crippen molar-refractivity contribution in [3.05, 3.63) is 30.1 Å². The van der Waals surface area contributed by atoms with Crippen LogP contribution in [0.4, 0.5) is 0 Å². The SMILES string of the molecule is CNC(=O)C1(C(=O)N2CCN(C(=O)c3cccnc3)CC2)CC1. The van der Waals surface area contributed by atoms with Crippen molar-refractivity contribution in [2.24, 2.45) is 5.41 Å². The molecule has 2 aliphatic rings. The van der Waals surface area contributed by atoms with Gasteiger partial charge in [-0.3, -0.25) is 19.4 Å². The highest BCUT2D eigenvalue weighted by Crippen LogP contribution is 2.47. The van der Waals surface area contributed by atoms with Crippen LogP contribution in [-0.2, 0) is 9.59 Å². The Morgan fingerprint density at radius 2 is 1.78 bits per heavy atom. The molecule has 1 saturated heterocycles. The van der Waals surface area contributed by atoms with Gasteiger partial charge in [-0.05, 0) is 25.0 Å². The second-order valence-corrected chi connectivity index (χ2v) is 5.99. The normalized spacial score (nSPS) is 19.2. The van der Waals surface area contributed by atoms with Crippen molar-refractivity contribution in [3.8, 4) is 0 Å². The Hall–Kier alpha value is -2.44. The van der Waals surface area contributed by atoms with Crippen LogP contribution < -0.4 is 5.32 Å². The first kappa shape index (κ1) is 15.5. The molecule has 3 rings (SSSR count). The Morgan fingerprint density at radius 1 is 1.13 bits per heavy atom. The number of amides is 3. The van der Waals surface area contributed by atoms with E-state index in [0.29, 0.717) is 44.6 Å². The number of nitrogens with zero attached hydrogens (tertiary/aromatic N) is 3. The standard InChI is InChI=1S/C16H20N4O3/c1-17-14(22)16(4-5-16)15(23)20-9-7-19(8-10-20)13(21)12-3-2-6-18-11-12/h2-3,6,11H,4-5,7-10H2,1H3,(H,17,22). The minimum absolute atomic E-state index is 0.0716. The molecule has 0 atom stereocenters. The van der Waals surface area contributed by atoms with Gasteiger partial charge in [0, 0.05) is 45.6 Å². The Kier molecular flexibility index (Phi) is 4.02. The molecule has 0 radical (unpaired) electrons. The minimum Gasteiger partial charge on any atom is -0.358 e. The van der Waals surface area contributed by atoms with Gasteiger partial charge in [-0.2, -0.15) is 0 Å². The molecular formula is C16H20N4O3. The maximum absolute atomic E-state index is 12.6. The van der Waals surface area contributed by atoms with E-state index in [1.807, 2.05) is 0 Å². The molecule has 1 aliphatic heterocycles. The maximum Gasteiger partial charge on any atom is 0.255 e. The lowest BCUT2D eigenvalue weighted by molar-refractivity contribution is -0.145. The molecule has 2 heterocycles. The van der Waals surface area contributed by atoms with E-state index >= 15 is 0 Å². The number of carbonyl (C=O) groups is 3. The Labute approximate surface area is 134 Å². The van der Waals surface area contributed by atoms with Crippen LogP contribution in [0.15, 0.2) is 24.5 Å². The van der Waals surface area contributed by atoms with Gasteiger partial charge in [-0.15, -0.1) is 0 Å². The van der Waals surface area contributed by atoms with E-state index in [0.717, 1.165) is 0 Å². The highest BCUT2D eigenvalue weighted by atomic mass is 16.2. The zero-order valence-electron chi connectivity index (χ0n) is 13.1. The van der Waals surface area contributed by atoms with Crippen LogP contribution in [0.25, 0.3) is 0 Å². The summed E-state index contributed by atoms with van der Waals surface area (Å²) in [5.74, 6) is -0.376. The van der Waals surface area contributed by atoms with Crippen LogP contribution in [0, 0.1) is 5.41 Å². The van der Waals surface area contributed by atoms with E-state index < -0.39 is 5.41 Å². The highest BCUT2D eigenvalue weighted by Gasteiger charge is 2.57. The number of hydrogen-bond acceptors (Lipinski definition) is 4. The molecule has 7 heteroatoms. The third-order valence-electron chi connectivity index (χ3n) is 4.58. The lowest BCUT2D eigenvalue weighted by Gasteiger charge is -2.36. The largest absolute Gasteiger partial charge is 0.358 e. The predicted molar refractivity (Wildman–Crippen MR) is 82.5 cm³/mol. The van der Waals surface area contributed by atoms with E-state index in [2.05, 4.69) is 10.3 Å². The molecule has 23 heavy (non-hydrogen) atoms. The second-order valence-electron chi connectivity index (χ2n) is 5.99. The van der Waals surface area contributed by atoms with E-state index in [9.17, 15) is 14.4 Å². The number of hydrogen-bond donors (Lipinski definition) is 1. The number of rotatable bonds is 3. The van der Waals surface area contributed by atoms with Crippen LogP contribution in [0.1, 0.15) is 23.2 Å². The van der Waals surface area contributed by atoms with Crippen molar-refractivity contribution in [3.63, 3.8) is 0 Å². The molecule has 0 spiro atoms. The summed E-state index contributed by atoms with van der Waals surface area (Å²) in [5.41, 5.74) is -0.305. The Balaban J connectivity index is 1.60. The first-order valence-electron chi connectivity index (χ1n) is 7.79. The molecule has 0 bridgehead atoms. The number of aromatic nitrogens is 1. The van der Waals surface area contributed by atoms with Crippen LogP contribution >= 0.6 is 0 Å². The van der Waals surface area contributed by atoms with Crippen LogP contribution in [0.2, 0.25) is 0 Å². The smallest absolute Gasteiger partial charge is 0.255 e. The maximum atomic E-state index is 12.6. The number of pyridine rings is 1. The third-order valence-corrected chi connectivity index (χ3v) is 4.58. The van der Waals surface area contributed by atoms with Gasteiger partial charge in [0.1, 0.15) is 5.41 Å². The van der Waals surface area contributed by atoms with E-state index in [1.165, 1.54) is 0 Å². The van der Waals surface area contributed by atoms with Crippen molar-refractivity contribution in [2.45, 2.75) is 12.8 Å². The lowest BCUT2D eigenvalue weighted by atomic mass is 10.0. The minimum atomic E-state index is -0.857. The summed E-state index contributed by atoms with van der Waals surface area (Å²) in [5, 5.41) is 2.58. The summed E-state index contributed by atoms with van der Waals surface area (Å²) >= 11 is 0. The molecule has 122 valence electrons. The molecule has 1 N–H and O–H groups in total. The molecule has 0 aromatic carbocycles. The van der Waals surface area contributed by atoms with Gasteiger partial charge >= 0.3 is 0 Å². The van der Waals surface area contributed by atoms with Crippen molar-refractivity contribution < 1.29 is 14.4 Å². The van der Waals surface area contributed by atoms with Gasteiger partial charge < -0.3 is 15.1 Å². The number of piperazine rings is 1. The molecule has 0 unspecified atom stereocenters. The summed E-state index contributed by atoms with van der Waals surface area (Å²) in [6.45, 7) is 1.87. The van der Waals surface area contributed by atoms with Gasteiger partial charge in [0.2, 0.25) is 11.8 Å². The van der Waals surface area contributed by atoms with Gasteiger partial charge in [-0.1, -0.05) is 0 Å². The summed E-state index contributed by atoms with van der Waals surface area (Å²) in [6.07, 6.45) is 4.40. The van der Waals surface area contributed by atoms with E-state index in [4.69, 9.17) is 0 Å². The fourth-order valence-electron chi connectivity index (χ4n) is 2.99. The molecule has 3 amide bonds. The van der Waals surface area contributed by atoms with Crippen molar-refractivity contribution >= 4 is 17.7 Å². The average molecular weight is 316 g/mol. The molecular weight excluding hydrogens is 296 g/mol. The average Bonchev–Trinajstić information content (AvgIpc) is 3.42. The van der Waals surface area contributed by atoms with Crippen molar-refractivity contribution in [2.75, 3.05) is 33.2 Å². The van der Waals surface area contributed by atoms with Gasteiger partial charge in [0.25, 0.3) is 5.91 Å². The summed E-state index contributed by atoms with van der Waals surface area (Å²) in [7, 11) is 1.56. The molecule has 1 saturated carbocycles. The molecule has 2 fully saturated rings. The summed E-state index contributed by atoms with van der Waals surface area (Å²) in [6, 6.07) is 3.46. The topological polar surface area (TPSA) is 82.6 Å². The molecule has 1 aliphatic carbocycles. The summed E-state index contributed by atoms with van der Waals surface area (Å²) < 4.78 is 0. The van der Waals surface area contributed by atoms with Gasteiger partial charge in [0.15, 0.2) is 0 Å². The van der Waals surface area contributed by atoms with Crippen molar-refractivity contribution in [1.82, 2.24) is 20.1 Å². The first-order chi connectivity index (χ1) is 11.1. The van der Waals surface area contributed by atoms with E-state index in [-0.39, 0.29) is 17.7 Å². The highest BCUT2D eigenvalue weighted by molar-refractivity contribution is 6.07. The predicted octanol–water partition coefficient (Wildman–Crippen LogP) is -0.108.